The quantitative estimate of drug-likeness (QED) is 0.821. The molecule has 1 unspecified atom stereocenters. The van der Waals surface area contributed by atoms with E-state index in [4.69, 9.17) is 14.2 Å². The SMILES string of the molecule is c1cc2cnc(OC3CCOC3)nc2c2c1CCO2. The Bertz CT molecular complexity index is 623. The van der Waals surface area contributed by atoms with E-state index in [0.29, 0.717) is 12.6 Å². The first-order chi connectivity index (χ1) is 9.40. The summed E-state index contributed by atoms with van der Waals surface area (Å²) in [7, 11) is 0. The first-order valence-electron chi connectivity index (χ1n) is 6.56. The lowest BCUT2D eigenvalue weighted by atomic mass is 10.1. The number of benzene rings is 1. The first-order valence-corrected chi connectivity index (χ1v) is 6.56. The van der Waals surface area contributed by atoms with Crippen LogP contribution in [0.3, 0.4) is 0 Å². The van der Waals surface area contributed by atoms with Gasteiger partial charge in [0.1, 0.15) is 17.4 Å². The van der Waals surface area contributed by atoms with Crippen LogP contribution in [0.1, 0.15) is 12.0 Å². The Morgan fingerprint density at radius 2 is 2.26 bits per heavy atom. The van der Waals surface area contributed by atoms with Gasteiger partial charge >= 0.3 is 6.01 Å². The number of aromatic nitrogens is 2. The van der Waals surface area contributed by atoms with E-state index in [2.05, 4.69) is 16.0 Å². The lowest BCUT2D eigenvalue weighted by Gasteiger charge is -2.11. The van der Waals surface area contributed by atoms with Crippen LogP contribution in [0.2, 0.25) is 0 Å². The van der Waals surface area contributed by atoms with Crippen LogP contribution < -0.4 is 9.47 Å². The molecule has 19 heavy (non-hydrogen) atoms. The molecule has 0 bridgehead atoms. The summed E-state index contributed by atoms with van der Waals surface area (Å²) in [5.74, 6) is 0.882. The average Bonchev–Trinajstić information content (AvgIpc) is 3.08. The first kappa shape index (κ1) is 11.0. The van der Waals surface area contributed by atoms with E-state index in [9.17, 15) is 0 Å². The summed E-state index contributed by atoms with van der Waals surface area (Å²) in [5, 5.41) is 0.982. The van der Waals surface area contributed by atoms with Gasteiger partial charge in [-0.05, 0) is 5.56 Å². The van der Waals surface area contributed by atoms with Crippen LogP contribution in [-0.2, 0) is 11.2 Å². The van der Waals surface area contributed by atoms with Gasteiger partial charge in [-0.1, -0.05) is 12.1 Å². The van der Waals surface area contributed by atoms with Gasteiger partial charge in [0.15, 0.2) is 0 Å². The minimum atomic E-state index is 0.0649. The van der Waals surface area contributed by atoms with Crippen molar-refractivity contribution < 1.29 is 14.2 Å². The molecule has 0 radical (unpaired) electrons. The van der Waals surface area contributed by atoms with Gasteiger partial charge in [-0.2, -0.15) is 4.98 Å². The predicted molar refractivity (Wildman–Crippen MR) is 68.6 cm³/mol. The second kappa shape index (κ2) is 4.35. The summed E-state index contributed by atoms with van der Waals surface area (Å²) in [5.41, 5.74) is 2.06. The molecule has 0 spiro atoms. The molecular formula is C14H14N2O3. The van der Waals surface area contributed by atoms with Crippen LogP contribution in [0.25, 0.3) is 10.9 Å². The summed E-state index contributed by atoms with van der Waals surface area (Å²) < 4.78 is 16.7. The molecular weight excluding hydrogens is 244 g/mol. The molecule has 98 valence electrons. The minimum absolute atomic E-state index is 0.0649. The van der Waals surface area contributed by atoms with E-state index in [1.807, 2.05) is 6.07 Å². The van der Waals surface area contributed by atoms with Crippen LogP contribution in [0.15, 0.2) is 18.3 Å². The summed E-state index contributed by atoms with van der Waals surface area (Å²) in [4.78, 5) is 8.75. The largest absolute Gasteiger partial charge is 0.491 e. The standard InChI is InChI=1S/C14H14N2O3/c1-2-10-7-15-14(19-11-4-5-17-8-11)16-12(10)13-9(1)3-6-18-13/h1-2,7,11H,3-6,8H2. The molecule has 0 amide bonds. The van der Waals surface area contributed by atoms with Crippen molar-refractivity contribution in [3.05, 3.63) is 23.9 Å². The highest BCUT2D eigenvalue weighted by Gasteiger charge is 2.20. The van der Waals surface area contributed by atoms with Gasteiger partial charge in [0, 0.05) is 24.4 Å². The zero-order valence-corrected chi connectivity index (χ0v) is 10.5. The van der Waals surface area contributed by atoms with Crippen molar-refractivity contribution in [3.63, 3.8) is 0 Å². The minimum Gasteiger partial charge on any atom is -0.491 e. The maximum atomic E-state index is 5.74. The Morgan fingerprint density at radius 1 is 1.26 bits per heavy atom. The predicted octanol–water partition coefficient (Wildman–Crippen LogP) is 1.73. The van der Waals surface area contributed by atoms with Gasteiger partial charge in [0.05, 0.1) is 19.8 Å². The lowest BCUT2D eigenvalue weighted by Crippen LogP contribution is -2.17. The molecule has 2 aliphatic rings. The molecule has 0 aliphatic carbocycles. The summed E-state index contributed by atoms with van der Waals surface area (Å²) >= 11 is 0. The molecule has 1 aromatic carbocycles. The normalized spacial score (nSPS) is 21.4. The number of rotatable bonds is 2. The summed E-state index contributed by atoms with van der Waals surface area (Å²) in [6.07, 6.45) is 3.69. The highest BCUT2D eigenvalue weighted by atomic mass is 16.6. The number of fused-ring (bicyclic) bond motifs is 3. The van der Waals surface area contributed by atoms with Crippen LogP contribution in [0, 0.1) is 0 Å². The monoisotopic (exact) mass is 258 g/mol. The molecule has 1 fully saturated rings. The molecule has 3 heterocycles. The maximum Gasteiger partial charge on any atom is 0.317 e. The van der Waals surface area contributed by atoms with E-state index in [-0.39, 0.29) is 6.10 Å². The third kappa shape index (κ3) is 1.90. The van der Waals surface area contributed by atoms with Gasteiger partial charge in [0.25, 0.3) is 0 Å². The number of nitrogens with zero attached hydrogens (tertiary/aromatic N) is 2. The topological polar surface area (TPSA) is 53.5 Å². The van der Waals surface area contributed by atoms with Crippen LogP contribution >= 0.6 is 0 Å². The smallest absolute Gasteiger partial charge is 0.317 e. The van der Waals surface area contributed by atoms with Crippen molar-refractivity contribution in [3.8, 4) is 11.8 Å². The van der Waals surface area contributed by atoms with Gasteiger partial charge in [-0.25, -0.2) is 4.98 Å². The lowest BCUT2D eigenvalue weighted by molar-refractivity contribution is 0.134. The number of hydrogen-bond donors (Lipinski definition) is 0. The Labute approximate surface area is 110 Å². The van der Waals surface area contributed by atoms with Crippen molar-refractivity contribution in [2.45, 2.75) is 18.9 Å². The summed E-state index contributed by atoms with van der Waals surface area (Å²) in [6, 6.07) is 4.52. The van der Waals surface area contributed by atoms with E-state index in [0.717, 1.165) is 42.7 Å². The second-order valence-corrected chi connectivity index (χ2v) is 4.85. The summed E-state index contributed by atoms with van der Waals surface area (Å²) in [6.45, 7) is 2.09. The fourth-order valence-corrected chi connectivity index (χ4v) is 2.53. The molecule has 1 atom stereocenters. The van der Waals surface area contributed by atoms with Crippen molar-refractivity contribution >= 4 is 10.9 Å². The Morgan fingerprint density at radius 3 is 3.16 bits per heavy atom. The molecule has 0 N–H and O–H groups in total. The van der Waals surface area contributed by atoms with E-state index < -0.39 is 0 Å². The number of ether oxygens (including phenoxy) is 3. The third-order valence-electron chi connectivity index (χ3n) is 3.54. The molecule has 2 aromatic rings. The van der Waals surface area contributed by atoms with Crippen molar-refractivity contribution in [1.29, 1.82) is 0 Å². The van der Waals surface area contributed by atoms with Crippen molar-refractivity contribution in [2.24, 2.45) is 0 Å². The van der Waals surface area contributed by atoms with Gasteiger partial charge in [-0.15, -0.1) is 0 Å². The Kier molecular flexibility index (Phi) is 2.51. The van der Waals surface area contributed by atoms with E-state index >= 15 is 0 Å². The highest BCUT2D eigenvalue weighted by Crippen LogP contribution is 2.33. The fraction of sp³-hybridized carbons (Fsp3) is 0.429. The molecule has 1 saturated heterocycles. The molecule has 4 rings (SSSR count). The molecule has 0 saturated carbocycles. The fourth-order valence-electron chi connectivity index (χ4n) is 2.53. The van der Waals surface area contributed by atoms with E-state index in [1.54, 1.807) is 6.20 Å². The molecule has 2 aliphatic heterocycles. The van der Waals surface area contributed by atoms with Gasteiger partial charge < -0.3 is 14.2 Å². The van der Waals surface area contributed by atoms with E-state index in [1.165, 1.54) is 5.56 Å². The van der Waals surface area contributed by atoms with Crippen molar-refractivity contribution in [1.82, 2.24) is 9.97 Å². The zero-order valence-electron chi connectivity index (χ0n) is 10.5. The highest BCUT2D eigenvalue weighted by molar-refractivity contribution is 5.86. The van der Waals surface area contributed by atoms with Gasteiger partial charge in [0.2, 0.25) is 0 Å². The van der Waals surface area contributed by atoms with Gasteiger partial charge in [-0.3, -0.25) is 0 Å². The number of hydrogen-bond acceptors (Lipinski definition) is 5. The Hall–Kier alpha value is -1.88. The second-order valence-electron chi connectivity index (χ2n) is 4.85. The molecule has 1 aromatic heterocycles. The van der Waals surface area contributed by atoms with Crippen LogP contribution in [-0.4, -0.2) is 35.9 Å². The van der Waals surface area contributed by atoms with Crippen LogP contribution in [0.5, 0.6) is 11.8 Å². The maximum absolute atomic E-state index is 5.74. The zero-order chi connectivity index (χ0) is 12.7. The Balaban J connectivity index is 1.73. The van der Waals surface area contributed by atoms with Crippen molar-refractivity contribution in [2.75, 3.05) is 19.8 Å². The molecule has 5 nitrogen and oxygen atoms in total. The molecule has 5 heteroatoms. The van der Waals surface area contributed by atoms with Crippen LogP contribution in [0.4, 0.5) is 0 Å². The average molecular weight is 258 g/mol. The third-order valence-corrected chi connectivity index (χ3v) is 3.54.